The number of nitrogens with one attached hydrogen (secondary N) is 1. The number of anilines is 1. The number of hydrogen-bond acceptors (Lipinski definition) is 5. The van der Waals surface area contributed by atoms with Gasteiger partial charge in [-0.25, -0.2) is 14.4 Å². The predicted octanol–water partition coefficient (Wildman–Crippen LogP) is 2.96. The molecule has 0 unspecified atom stereocenters. The molecule has 0 aliphatic rings. The van der Waals surface area contributed by atoms with Crippen molar-refractivity contribution in [3.63, 3.8) is 0 Å². The zero-order valence-corrected chi connectivity index (χ0v) is 12.0. The zero-order valence-electron chi connectivity index (χ0n) is 12.0. The molecule has 4 rings (SSSR count). The number of benzene rings is 1. The van der Waals surface area contributed by atoms with E-state index in [1.165, 1.54) is 12.1 Å². The van der Waals surface area contributed by atoms with Gasteiger partial charge in [-0.3, -0.25) is 0 Å². The molecule has 22 heavy (non-hydrogen) atoms. The number of nitrogens with zero attached hydrogens (tertiary/aromatic N) is 4. The first-order chi connectivity index (χ1) is 10.7. The van der Waals surface area contributed by atoms with Crippen LogP contribution in [0, 0.1) is 5.82 Å². The first-order valence-corrected chi connectivity index (χ1v) is 6.72. The topological polar surface area (TPSA) is 68.8 Å². The summed E-state index contributed by atoms with van der Waals surface area (Å²) in [7, 11) is 3.67. The van der Waals surface area contributed by atoms with E-state index in [2.05, 4.69) is 20.3 Å². The van der Waals surface area contributed by atoms with Crippen LogP contribution >= 0.6 is 0 Å². The van der Waals surface area contributed by atoms with Gasteiger partial charge >= 0.3 is 0 Å². The molecular formula is C15H12FN5O. The number of oxazole rings is 1. The fourth-order valence-electron chi connectivity index (χ4n) is 2.47. The Morgan fingerprint density at radius 2 is 1.91 bits per heavy atom. The first-order valence-electron chi connectivity index (χ1n) is 6.72. The summed E-state index contributed by atoms with van der Waals surface area (Å²) in [4.78, 5) is 13.3. The van der Waals surface area contributed by atoms with Crippen LogP contribution in [0.5, 0.6) is 0 Å². The third-order valence-electron chi connectivity index (χ3n) is 3.54. The highest BCUT2D eigenvalue weighted by atomic mass is 19.1. The second kappa shape index (κ2) is 4.52. The lowest BCUT2D eigenvalue weighted by Crippen LogP contribution is -1.95. The molecule has 110 valence electrons. The number of imidazole rings is 1. The highest BCUT2D eigenvalue weighted by molar-refractivity contribution is 6.03. The van der Waals surface area contributed by atoms with Crippen molar-refractivity contribution in [1.29, 1.82) is 0 Å². The van der Waals surface area contributed by atoms with Crippen molar-refractivity contribution in [2.75, 3.05) is 12.4 Å². The number of rotatable bonds is 2. The standard InChI is InChI=1S/C15H12FN5O/c1-17-13-10-12(21(2)7-18-10)11-15(20-13)22-14(19-11)8-3-5-9(16)6-4-8/h3-7H,1-2H3,(H,17,20). The largest absolute Gasteiger partial charge is 0.418 e. The molecule has 1 aromatic carbocycles. The quantitative estimate of drug-likeness (QED) is 0.616. The second-order valence-corrected chi connectivity index (χ2v) is 4.94. The van der Waals surface area contributed by atoms with E-state index in [-0.39, 0.29) is 5.82 Å². The Morgan fingerprint density at radius 3 is 2.64 bits per heavy atom. The second-order valence-electron chi connectivity index (χ2n) is 4.94. The van der Waals surface area contributed by atoms with E-state index < -0.39 is 0 Å². The van der Waals surface area contributed by atoms with Gasteiger partial charge in [0.25, 0.3) is 5.71 Å². The lowest BCUT2D eigenvalue weighted by molar-refractivity contribution is 0.606. The molecule has 6 nitrogen and oxygen atoms in total. The summed E-state index contributed by atoms with van der Waals surface area (Å²) in [6, 6.07) is 5.99. The average Bonchev–Trinajstić information content (AvgIpc) is 3.10. The zero-order chi connectivity index (χ0) is 15.3. The minimum absolute atomic E-state index is 0.301. The fraction of sp³-hybridized carbons (Fsp3) is 0.133. The van der Waals surface area contributed by atoms with Gasteiger partial charge < -0.3 is 14.3 Å². The number of halogens is 1. The van der Waals surface area contributed by atoms with Gasteiger partial charge in [-0.15, -0.1) is 0 Å². The highest BCUT2D eigenvalue weighted by Crippen LogP contribution is 2.31. The monoisotopic (exact) mass is 297 g/mol. The van der Waals surface area contributed by atoms with Crippen LogP contribution in [0.2, 0.25) is 0 Å². The molecule has 3 aromatic heterocycles. The molecule has 3 heterocycles. The Labute approximate surface area is 124 Å². The van der Waals surface area contributed by atoms with E-state index in [1.54, 1.807) is 25.5 Å². The Bertz CT molecular complexity index is 987. The molecule has 0 bridgehead atoms. The number of aryl methyl sites for hydroxylation is 1. The van der Waals surface area contributed by atoms with Crippen LogP contribution in [-0.4, -0.2) is 26.6 Å². The van der Waals surface area contributed by atoms with E-state index in [1.807, 2.05) is 11.6 Å². The first kappa shape index (κ1) is 12.8. The highest BCUT2D eigenvalue weighted by Gasteiger charge is 2.18. The minimum atomic E-state index is -0.301. The van der Waals surface area contributed by atoms with Gasteiger partial charge in [0, 0.05) is 19.7 Å². The van der Waals surface area contributed by atoms with Crippen LogP contribution in [0.4, 0.5) is 10.2 Å². The summed E-state index contributed by atoms with van der Waals surface area (Å²) in [5.41, 5.74) is 3.32. The number of hydrogen-bond donors (Lipinski definition) is 1. The molecule has 4 aromatic rings. The van der Waals surface area contributed by atoms with Crippen molar-refractivity contribution in [2.45, 2.75) is 0 Å². The molecule has 0 atom stereocenters. The van der Waals surface area contributed by atoms with Gasteiger partial charge in [0.1, 0.15) is 16.9 Å². The van der Waals surface area contributed by atoms with E-state index >= 15 is 0 Å². The van der Waals surface area contributed by atoms with E-state index in [4.69, 9.17) is 4.42 Å². The molecule has 0 saturated heterocycles. The lowest BCUT2D eigenvalue weighted by atomic mass is 10.2. The van der Waals surface area contributed by atoms with Crippen molar-refractivity contribution in [1.82, 2.24) is 19.5 Å². The number of aromatic nitrogens is 4. The van der Waals surface area contributed by atoms with Crippen molar-refractivity contribution in [3.05, 3.63) is 36.4 Å². The Kier molecular flexibility index (Phi) is 2.62. The van der Waals surface area contributed by atoms with Crippen molar-refractivity contribution >= 4 is 28.1 Å². The van der Waals surface area contributed by atoms with Crippen LogP contribution in [0.3, 0.4) is 0 Å². The summed E-state index contributed by atoms with van der Waals surface area (Å²) in [5, 5.41) is 3.01. The van der Waals surface area contributed by atoms with Crippen LogP contribution in [-0.2, 0) is 7.05 Å². The summed E-state index contributed by atoms with van der Waals surface area (Å²) in [6.07, 6.45) is 1.71. The van der Waals surface area contributed by atoms with Gasteiger partial charge in [-0.2, -0.15) is 4.98 Å². The lowest BCUT2D eigenvalue weighted by Gasteiger charge is -2.00. The fourth-order valence-corrected chi connectivity index (χ4v) is 2.47. The van der Waals surface area contributed by atoms with Crippen LogP contribution in [0.15, 0.2) is 35.0 Å². The van der Waals surface area contributed by atoms with Crippen molar-refractivity contribution in [3.8, 4) is 11.5 Å². The van der Waals surface area contributed by atoms with Crippen molar-refractivity contribution in [2.24, 2.45) is 7.05 Å². The Balaban J connectivity index is 2.02. The molecular weight excluding hydrogens is 285 g/mol. The van der Waals surface area contributed by atoms with Gasteiger partial charge in [0.05, 0.1) is 6.33 Å². The molecule has 0 aliphatic carbocycles. The molecule has 0 saturated carbocycles. The van der Waals surface area contributed by atoms with Gasteiger partial charge in [0.2, 0.25) is 5.89 Å². The number of pyridine rings is 1. The normalized spacial score (nSPS) is 11.4. The van der Waals surface area contributed by atoms with Gasteiger partial charge in [-0.1, -0.05) is 0 Å². The molecule has 1 N–H and O–H groups in total. The van der Waals surface area contributed by atoms with Gasteiger partial charge in [0.15, 0.2) is 11.3 Å². The smallest absolute Gasteiger partial charge is 0.251 e. The van der Waals surface area contributed by atoms with E-state index in [0.29, 0.717) is 28.5 Å². The SMILES string of the molecule is CNc1nc2oc(-c3ccc(F)cc3)nc2c2c1ncn2C. The molecule has 0 aliphatic heterocycles. The van der Waals surface area contributed by atoms with Crippen LogP contribution in [0.25, 0.3) is 33.7 Å². The third kappa shape index (κ3) is 1.75. The maximum absolute atomic E-state index is 13.0. The van der Waals surface area contributed by atoms with Crippen LogP contribution in [0.1, 0.15) is 0 Å². The van der Waals surface area contributed by atoms with Gasteiger partial charge in [-0.05, 0) is 24.3 Å². The summed E-state index contributed by atoms with van der Waals surface area (Å²) in [6.45, 7) is 0. The van der Waals surface area contributed by atoms with Crippen LogP contribution < -0.4 is 5.32 Å². The predicted molar refractivity (Wildman–Crippen MR) is 81.0 cm³/mol. The molecule has 0 radical (unpaired) electrons. The summed E-state index contributed by atoms with van der Waals surface area (Å²) in [5.74, 6) is 0.729. The summed E-state index contributed by atoms with van der Waals surface area (Å²) < 4.78 is 20.7. The number of fused-ring (bicyclic) bond motifs is 3. The Morgan fingerprint density at radius 1 is 1.14 bits per heavy atom. The third-order valence-corrected chi connectivity index (χ3v) is 3.54. The maximum Gasteiger partial charge on any atom is 0.251 e. The summed E-state index contributed by atoms with van der Waals surface area (Å²) >= 11 is 0. The van der Waals surface area contributed by atoms with E-state index in [9.17, 15) is 4.39 Å². The minimum Gasteiger partial charge on any atom is -0.418 e. The molecule has 0 fully saturated rings. The van der Waals surface area contributed by atoms with E-state index in [0.717, 1.165) is 11.0 Å². The maximum atomic E-state index is 13.0. The van der Waals surface area contributed by atoms with Crippen molar-refractivity contribution < 1.29 is 8.81 Å². The molecule has 7 heteroatoms. The molecule has 0 amide bonds. The Hall–Kier alpha value is -2.96. The molecule has 0 spiro atoms. The average molecular weight is 297 g/mol.